The van der Waals surface area contributed by atoms with Gasteiger partial charge in [-0.05, 0) is 13.3 Å². The first-order valence-electron chi connectivity index (χ1n) is 6.19. The molecule has 0 atom stereocenters. The Morgan fingerprint density at radius 3 is 2.94 bits per heavy atom. The van der Waals surface area contributed by atoms with Crippen molar-refractivity contribution >= 4 is 11.7 Å². The summed E-state index contributed by atoms with van der Waals surface area (Å²) in [5, 5.41) is 16.3. The van der Waals surface area contributed by atoms with Crippen molar-refractivity contribution in [2.24, 2.45) is 0 Å². The Balaban J connectivity index is 1.73. The van der Waals surface area contributed by atoms with Crippen molar-refractivity contribution in [2.45, 2.75) is 32.3 Å². The molecule has 1 aliphatic rings. The van der Waals surface area contributed by atoms with Crippen LogP contribution in [0.3, 0.4) is 0 Å². The molecule has 1 aromatic rings. The lowest BCUT2D eigenvalue weighted by atomic mass is 9.89. The van der Waals surface area contributed by atoms with Gasteiger partial charge in [-0.15, -0.1) is 0 Å². The smallest absolute Gasteiger partial charge is 0.239 e. The number of carbonyl (C=O) groups is 1. The van der Waals surface area contributed by atoms with Gasteiger partial charge in [-0.1, -0.05) is 18.5 Å². The molecule has 18 heavy (non-hydrogen) atoms. The average Bonchev–Trinajstić information content (AvgIpc) is 2.61. The molecule has 2 heterocycles. The number of β-amino-alcohol motifs (C(OH)–C–C–N with tert-alkyl or cyclic N) is 1. The van der Waals surface area contributed by atoms with E-state index in [1.807, 2.05) is 11.8 Å². The molecule has 2 rings (SSSR count). The van der Waals surface area contributed by atoms with E-state index >= 15 is 0 Å². The molecule has 2 N–H and O–H groups in total. The van der Waals surface area contributed by atoms with E-state index in [2.05, 4.69) is 10.5 Å². The first-order valence-corrected chi connectivity index (χ1v) is 6.19. The standard InChI is InChI=1S/C12H19N3O3/c1-3-4-12(17)7-15(8-12)6-11(16)13-10-5-9(2)18-14-10/h5,17H,3-4,6-8H2,1-2H3,(H,13,14,16). The molecular weight excluding hydrogens is 234 g/mol. The molecule has 100 valence electrons. The van der Waals surface area contributed by atoms with Gasteiger partial charge < -0.3 is 14.9 Å². The molecular formula is C12H19N3O3. The second-order valence-corrected chi connectivity index (χ2v) is 4.99. The highest BCUT2D eigenvalue weighted by Crippen LogP contribution is 2.25. The van der Waals surface area contributed by atoms with E-state index in [1.165, 1.54) is 0 Å². The minimum atomic E-state index is -0.598. The second kappa shape index (κ2) is 5.07. The van der Waals surface area contributed by atoms with Gasteiger partial charge in [-0.25, -0.2) is 0 Å². The first kappa shape index (κ1) is 13.0. The summed E-state index contributed by atoms with van der Waals surface area (Å²) in [6, 6.07) is 1.67. The van der Waals surface area contributed by atoms with Crippen LogP contribution in [0.2, 0.25) is 0 Å². The Morgan fingerprint density at radius 1 is 1.67 bits per heavy atom. The minimum absolute atomic E-state index is 0.137. The number of aromatic nitrogens is 1. The van der Waals surface area contributed by atoms with Crippen LogP contribution < -0.4 is 5.32 Å². The molecule has 1 saturated heterocycles. The van der Waals surface area contributed by atoms with Crippen LogP contribution in [0.5, 0.6) is 0 Å². The Morgan fingerprint density at radius 2 is 2.39 bits per heavy atom. The number of hydrogen-bond donors (Lipinski definition) is 2. The van der Waals surface area contributed by atoms with Crippen LogP contribution in [0.1, 0.15) is 25.5 Å². The molecule has 0 spiro atoms. The quantitative estimate of drug-likeness (QED) is 0.810. The van der Waals surface area contributed by atoms with Crippen molar-refractivity contribution in [2.75, 3.05) is 25.0 Å². The van der Waals surface area contributed by atoms with E-state index in [0.717, 1.165) is 12.8 Å². The maximum Gasteiger partial charge on any atom is 0.239 e. The number of rotatable bonds is 5. The van der Waals surface area contributed by atoms with Gasteiger partial charge in [0, 0.05) is 19.2 Å². The van der Waals surface area contributed by atoms with Crippen LogP contribution in [0.4, 0.5) is 5.82 Å². The van der Waals surface area contributed by atoms with E-state index in [-0.39, 0.29) is 12.5 Å². The number of nitrogens with one attached hydrogen (secondary N) is 1. The zero-order chi connectivity index (χ0) is 13.2. The van der Waals surface area contributed by atoms with Crippen molar-refractivity contribution < 1.29 is 14.4 Å². The van der Waals surface area contributed by atoms with Crippen LogP contribution in [0.15, 0.2) is 10.6 Å². The van der Waals surface area contributed by atoms with Crippen LogP contribution >= 0.6 is 0 Å². The summed E-state index contributed by atoms with van der Waals surface area (Å²) in [5.41, 5.74) is -0.598. The molecule has 0 aromatic carbocycles. The lowest BCUT2D eigenvalue weighted by Crippen LogP contribution is -2.62. The fourth-order valence-electron chi connectivity index (χ4n) is 2.33. The number of hydrogen-bond acceptors (Lipinski definition) is 5. The third-order valence-electron chi connectivity index (χ3n) is 3.01. The molecule has 1 amide bonds. The molecule has 6 nitrogen and oxygen atoms in total. The minimum Gasteiger partial charge on any atom is -0.387 e. The zero-order valence-corrected chi connectivity index (χ0v) is 10.8. The lowest BCUT2D eigenvalue weighted by Gasteiger charge is -2.46. The summed E-state index contributed by atoms with van der Waals surface area (Å²) in [7, 11) is 0. The van der Waals surface area contributed by atoms with E-state index in [9.17, 15) is 9.90 Å². The van der Waals surface area contributed by atoms with Gasteiger partial charge in [0.25, 0.3) is 0 Å². The summed E-state index contributed by atoms with van der Waals surface area (Å²) in [4.78, 5) is 13.6. The highest BCUT2D eigenvalue weighted by atomic mass is 16.5. The Kier molecular flexibility index (Phi) is 3.68. The van der Waals surface area contributed by atoms with Crippen molar-refractivity contribution in [3.05, 3.63) is 11.8 Å². The fourth-order valence-corrected chi connectivity index (χ4v) is 2.33. The van der Waals surface area contributed by atoms with E-state index in [1.54, 1.807) is 13.0 Å². The van der Waals surface area contributed by atoms with Crippen LogP contribution in [-0.2, 0) is 4.79 Å². The van der Waals surface area contributed by atoms with Crippen molar-refractivity contribution in [1.82, 2.24) is 10.1 Å². The van der Waals surface area contributed by atoms with Gasteiger partial charge in [-0.2, -0.15) is 0 Å². The monoisotopic (exact) mass is 253 g/mol. The number of nitrogens with zero attached hydrogens (tertiary/aromatic N) is 2. The Hall–Kier alpha value is -1.40. The molecule has 1 aliphatic heterocycles. The van der Waals surface area contributed by atoms with Gasteiger partial charge in [0.05, 0.1) is 12.1 Å². The van der Waals surface area contributed by atoms with Gasteiger partial charge in [-0.3, -0.25) is 9.69 Å². The van der Waals surface area contributed by atoms with Gasteiger partial charge in [0.1, 0.15) is 5.76 Å². The molecule has 0 saturated carbocycles. The SMILES string of the molecule is CCCC1(O)CN(CC(=O)Nc2cc(C)on2)C1. The number of amides is 1. The van der Waals surface area contributed by atoms with E-state index in [0.29, 0.717) is 24.7 Å². The molecule has 0 radical (unpaired) electrons. The third-order valence-corrected chi connectivity index (χ3v) is 3.01. The number of anilines is 1. The number of aliphatic hydroxyl groups is 1. The normalized spacial score (nSPS) is 18.4. The van der Waals surface area contributed by atoms with E-state index < -0.39 is 5.60 Å². The summed E-state index contributed by atoms with van der Waals surface area (Å²) >= 11 is 0. The lowest BCUT2D eigenvalue weighted by molar-refractivity contribution is -0.129. The summed E-state index contributed by atoms with van der Waals surface area (Å²) in [5.74, 6) is 0.954. The van der Waals surface area contributed by atoms with Crippen molar-refractivity contribution in [3.8, 4) is 0 Å². The fraction of sp³-hybridized carbons (Fsp3) is 0.667. The predicted octanol–water partition coefficient (Wildman–Crippen LogP) is 0.768. The zero-order valence-electron chi connectivity index (χ0n) is 10.8. The van der Waals surface area contributed by atoms with Gasteiger partial charge in [0.2, 0.25) is 5.91 Å². The first-order chi connectivity index (χ1) is 8.50. The van der Waals surface area contributed by atoms with Crippen molar-refractivity contribution in [1.29, 1.82) is 0 Å². The Labute approximate surface area is 106 Å². The predicted molar refractivity (Wildman–Crippen MR) is 66.2 cm³/mol. The molecule has 6 heteroatoms. The highest BCUT2D eigenvalue weighted by Gasteiger charge is 2.40. The second-order valence-electron chi connectivity index (χ2n) is 4.99. The topological polar surface area (TPSA) is 78.6 Å². The maximum absolute atomic E-state index is 11.7. The third kappa shape index (κ3) is 3.08. The van der Waals surface area contributed by atoms with Gasteiger partial charge >= 0.3 is 0 Å². The maximum atomic E-state index is 11.7. The van der Waals surface area contributed by atoms with Crippen LogP contribution in [-0.4, -0.2) is 46.3 Å². The van der Waals surface area contributed by atoms with E-state index in [4.69, 9.17) is 4.52 Å². The molecule has 1 aromatic heterocycles. The molecule has 0 aliphatic carbocycles. The average molecular weight is 253 g/mol. The number of carbonyl (C=O) groups excluding carboxylic acids is 1. The summed E-state index contributed by atoms with van der Waals surface area (Å²) in [6.07, 6.45) is 1.74. The molecule has 0 unspecified atom stereocenters. The van der Waals surface area contributed by atoms with Crippen LogP contribution in [0.25, 0.3) is 0 Å². The summed E-state index contributed by atoms with van der Waals surface area (Å²) in [6.45, 7) is 5.21. The number of aryl methyl sites for hydroxylation is 1. The summed E-state index contributed by atoms with van der Waals surface area (Å²) < 4.78 is 4.86. The number of likely N-dealkylation sites (tertiary alicyclic amines) is 1. The van der Waals surface area contributed by atoms with Crippen LogP contribution in [0, 0.1) is 6.92 Å². The highest BCUT2D eigenvalue weighted by molar-refractivity contribution is 5.91. The largest absolute Gasteiger partial charge is 0.387 e. The van der Waals surface area contributed by atoms with Gasteiger partial charge in [0.15, 0.2) is 5.82 Å². The molecule has 0 bridgehead atoms. The van der Waals surface area contributed by atoms with Crippen molar-refractivity contribution in [3.63, 3.8) is 0 Å². The Bertz CT molecular complexity index is 424. The molecule has 1 fully saturated rings.